The predicted octanol–water partition coefficient (Wildman–Crippen LogP) is 4.79. The molecule has 0 spiro atoms. The second kappa shape index (κ2) is 7.76. The molecule has 2 heterocycles. The molecule has 0 aliphatic heterocycles. The highest BCUT2D eigenvalue weighted by Gasteiger charge is 2.21. The molecule has 0 aliphatic carbocycles. The molecule has 0 aliphatic rings. The molecule has 4 rings (SSSR count). The van der Waals surface area contributed by atoms with E-state index >= 15 is 0 Å². The minimum Gasteiger partial charge on any atom is -0.295 e. The smallest absolute Gasteiger partial charge is 0.261 e. The summed E-state index contributed by atoms with van der Waals surface area (Å²) in [5.74, 6) is 0.571. The minimum atomic E-state index is -1.41. The van der Waals surface area contributed by atoms with Crippen molar-refractivity contribution in [3.8, 4) is 11.4 Å². The summed E-state index contributed by atoms with van der Waals surface area (Å²) >= 11 is 1.52. The first-order chi connectivity index (χ1) is 14.6. The number of hydrogen-bond donors (Lipinski definition) is 0. The first-order valence-corrected chi connectivity index (χ1v) is 11.9. The second-order valence-electron chi connectivity index (χ2n) is 8.55. The van der Waals surface area contributed by atoms with E-state index in [1.54, 1.807) is 17.1 Å². The van der Waals surface area contributed by atoms with E-state index in [4.69, 9.17) is 4.98 Å². The first kappa shape index (κ1) is 21.5. The van der Waals surface area contributed by atoms with Crippen molar-refractivity contribution in [1.82, 2.24) is 14.5 Å². The molecule has 0 amide bonds. The van der Waals surface area contributed by atoms with Crippen LogP contribution in [0.3, 0.4) is 0 Å². The maximum Gasteiger partial charge on any atom is 0.261 e. The van der Waals surface area contributed by atoms with Gasteiger partial charge < -0.3 is 0 Å². The molecule has 31 heavy (non-hydrogen) atoms. The van der Waals surface area contributed by atoms with Crippen LogP contribution in [0.15, 0.2) is 45.0 Å². The van der Waals surface area contributed by atoms with Crippen LogP contribution in [0.1, 0.15) is 38.8 Å². The molecule has 0 fully saturated rings. The van der Waals surface area contributed by atoms with Gasteiger partial charge in [-0.15, -0.1) is 11.3 Å². The largest absolute Gasteiger partial charge is 0.295 e. The van der Waals surface area contributed by atoms with Crippen molar-refractivity contribution in [2.24, 2.45) is 11.4 Å². The van der Waals surface area contributed by atoms with E-state index in [-0.39, 0.29) is 5.56 Å². The lowest BCUT2D eigenvalue weighted by Crippen LogP contribution is -2.22. The Morgan fingerprint density at radius 2 is 1.97 bits per heavy atom. The van der Waals surface area contributed by atoms with Gasteiger partial charge in [-0.25, -0.2) is 14.2 Å². The summed E-state index contributed by atoms with van der Waals surface area (Å²) in [6.07, 6.45) is 0. The third-order valence-electron chi connectivity index (χ3n) is 5.06. The Morgan fingerprint density at radius 3 is 2.68 bits per heavy atom. The Bertz CT molecular complexity index is 1440. The summed E-state index contributed by atoms with van der Waals surface area (Å²) in [7, 11) is 0.326. The molecule has 0 radical (unpaired) electrons. The summed E-state index contributed by atoms with van der Waals surface area (Å²) in [6.45, 7) is 9.41. The average Bonchev–Trinajstić information content (AvgIpc) is 3.18. The van der Waals surface area contributed by atoms with E-state index in [9.17, 15) is 9.00 Å². The lowest BCUT2D eigenvalue weighted by molar-refractivity contribution is 0.650. The van der Waals surface area contributed by atoms with Gasteiger partial charge in [0.05, 0.1) is 37.1 Å². The molecule has 0 saturated heterocycles. The lowest BCUT2D eigenvalue weighted by Gasteiger charge is -2.16. The first-order valence-electron chi connectivity index (χ1n) is 9.89. The number of thiazole rings is 1. The van der Waals surface area contributed by atoms with Crippen molar-refractivity contribution >= 4 is 49.2 Å². The third kappa shape index (κ3) is 3.85. The van der Waals surface area contributed by atoms with Crippen LogP contribution in [-0.2, 0) is 18.0 Å². The van der Waals surface area contributed by atoms with Gasteiger partial charge in [0.25, 0.3) is 5.56 Å². The Morgan fingerprint density at radius 1 is 1.23 bits per heavy atom. The van der Waals surface area contributed by atoms with Crippen LogP contribution in [0, 0.1) is 6.92 Å². The molecule has 160 valence electrons. The van der Waals surface area contributed by atoms with E-state index in [1.807, 2.05) is 65.0 Å². The fourth-order valence-electron chi connectivity index (χ4n) is 3.41. The summed E-state index contributed by atoms with van der Waals surface area (Å²) in [4.78, 5) is 22.6. The quantitative estimate of drug-likeness (QED) is 0.419. The van der Waals surface area contributed by atoms with Crippen LogP contribution >= 0.6 is 11.3 Å². The molecule has 0 bridgehead atoms. The molecule has 1 atom stereocenters. The molecule has 2 aromatic heterocycles. The fraction of sp³-hybridized carbons (Fsp3) is 0.304. The lowest BCUT2D eigenvalue weighted by atomic mass is 10.0. The van der Waals surface area contributed by atoms with Gasteiger partial charge in [0.2, 0.25) is 0 Å². The Kier molecular flexibility index (Phi) is 5.39. The predicted molar refractivity (Wildman–Crippen MR) is 130 cm³/mol. The van der Waals surface area contributed by atoms with Crippen molar-refractivity contribution < 1.29 is 4.21 Å². The average molecular weight is 453 g/mol. The number of nitrogens with zero attached hydrogens (tertiary/aromatic N) is 4. The Hall–Kier alpha value is -2.71. The summed E-state index contributed by atoms with van der Waals surface area (Å²) < 4.78 is 19.2. The zero-order chi connectivity index (χ0) is 22.5. The molecule has 6 nitrogen and oxygen atoms in total. The molecule has 2 aromatic carbocycles. The standard InChI is InChI=1S/C23H24N4O2S2/c1-13-10-16(14(2)26-31(29)23(3,4)5)19-17(11-13)22(28)27(6)21(25-19)15-8-7-9-18-20(15)30-12-24-18/h7-12H,1-6H3/b26-14-/t31-/m1/s1. The number of fused-ring (bicyclic) bond motifs is 2. The highest BCUT2D eigenvalue weighted by molar-refractivity contribution is 7.85. The van der Waals surface area contributed by atoms with Crippen LogP contribution in [0.25, 0.3) is 32.5 Å². The third-order valence-corrected chi connectivity index (χ3v) is 7.42. The number of aryl methyl sites for hydroxylation is 1. The highest BCUT2D eigenvalue weighted by Crippen LogP contribution is 2.31. The van der Waals surface area contributed by atoms with E-state index in [1.165, 1.54) is 11.3 Å². The summed E-state index contributed by atoms with van der Waals surface area (Å²) in [6, 6.07) is 9.62. The Balaban J connectivity index is 2.04. The van der Waals surface area contributed by atoms with Crippen LogP contribution in [0.5, 0.6) is 0 Å². The maximum absolute atomic E-state index is 13.3. The number of benzene rings is 2. The van der Waals surface area contributed by atoms with Gasteiger partial charge in [-0.3, -0.25) is 9.36 Å². The monoisotopic (exact) mass is 452 g/mol. The molecular weight excluding hydrogens is 428 g/mol. The van der Waals surface area contributed by atoms with Gasteiger partial charge in [-0.2, -0.15) is 4.40 Å². The number of hydrogen-bond acceptors (Lipinski definition) is 5. The molecule has 0 saturated carbocycles. The maximum atomic E-state index is 13.3. The molecule has 0 N–H and O–H groups in total. The van der Waals surface area contributed by atoms with Gasteiger partial charge in [-0.05, 0) is 64.4 Å². The van der Waals surface area contributed by atoms with Gasteiger partial charge >= 0.3 is 0 Å². The van der Waals surface area contributed by atoms with Crippen molar-refractivity contribution in [3.63, 3.8) is 0 Å². The van der Waals surface area contributed by atoms with E-state index < -0.39 is 15.7 Å². The van der Waals surface area contributed by atoms with Gasteiger partial charge in [0, 0.05) is 18.2 Å². The molecular formula is C23H24N4O2S2. The fourth-order valence-corrected chi connectivity index (χ4v) is 4.83. The van der Waals surface area contributed by atoms with Crippen molar-refractivity contribution in [1.29, 1.82) is 0 Å². The van der Waals surface area contributed by atoms with Crippen LogP contribution < -0.4 is 5.56 Å². The second-order valence-corrected chi connectivity index (χ2v) is 11.3. The zero-order valence-corrected chi connectivity index (χ0v) is 20.0. The van der Waals surface area contributed by atoms with Crippen LogP contribution in [-0.4, -0.2) is 29.2 Å². The van der Waals surface area contributed by atoms with Crippen LogP contribution in [0.4, 0.5) is 0 Å². The van der Waals surface area contributed by atoms with Gasteiger partial charge in [0.1, 0.15) is 16.8 Å². The normalized spacial score (nSPS) is 13.8. The van der Waals surface area contributed by atoms with Crippen molar-refractivity contribution in [2.75, 3.05) is 0 Å². The van der Waals surface area contributed by atoms with E-state index in [0.29, 0.717) is 22.4 Å². The molecule has 4 aromatic rings. The van der Waals surface area contributed by atoms with Gasteiger partial charge in [-0.1, -0.05) is 6.07 Å². The summed E-state index contributed by atoms with van der Waals surface area (Å²) in [5, 5.41) is 0.522. The molecule has 0 unspecified atom stereocenters. The highest BCUT2D eigenvalue weighted by atomic mass is 32.2. The number of rotatable bonds is 3. The zero-order valence-electron chi connectivity index (χ0n) is 18.4. The SMILES string of the molecule is C/C(=N/[S@](=O)C(C)(C)C)c1cc(C)cc2c(=O)n(C)c(-c3cccc4ncsc34)nc12. The van der Waals surface area contributed by atoms with Gasteiger partial charge in [0.15, 0.2) is 0 Å². The topological polar surface area (TPSA) is 77.2 Å². The van der Waals surface area contributed by atoms with E-state index in [2.05, 4.69) is 9.38 Å². The Labute approximate surface area is 187 Å². The van der Waals surface area contributed by atoms with E-state index in [0.717, 1.165) is 26.9 Å². The van der Waals surface area contributed by atoms with Crippen molar-refractivity contribution in [3.05, 3.63) is 57.3 Å². The van der Waals surface area contributed by atoms with Crippen molar-refractivity contribution in [2.45, 2.75) is 39.4 Å². The number of aromatic nitrogens is 3. The minimum absolute atomic E-state index is 0.129. The summed E-state index contributed by atoms with van der Waals surface area (Å²) in [5.41, 5.74) is 6.22. The molecule has 8 heteroatoms. The van der Waals surface area contributed by atoms with Crippen LogP contribution in [0.2, 0.25) is 0 Å².